The normalized spacial score (nSPS) is 14.5. The number of nitrogens with one attached hydrogen (secondary N) is 3. The predicted molar refractivity (Wildman–Crippen MR) is 176 cm³/mol. The smallest absolute Gasteiger partial charge is 0.338 e. The first-order valence-corrected chi connectivity index (χ1v) is 15.3. The first-order chi connectivity index (χ1) is 21.2. The molecule has 4 rings (SSSR count). The lowest BCUT2D eigenvalue weighted by atomic mass is 9.95. The first-order valence-electron chi connectivity index (χ1n) is 13.4. The van der Waals surface area contributed by atoms with Crippen LogP contribution in [0.15, 0.2) is 81.5 Å². The van der Waals surface area contributed by atoms with Gasteiger partial charge in [-0.3, -0.25) is 4.79 Å². The largest absolute Gasteiger partial charge is 0.493 e. The first kappa shape index (κ1) is 32.8. The Bertz CT molecular complexity index is 1590. The van der Waals surface area contributed by atoms with Crippen LogP contribution in [-0.4, -0.2) is 44.4 Å². The summed E-state index contributed by atoms with van der Waals surface area (Å²) in [6, 6.07) is 17.2. The lowest BCUT2D eigenvalue weighted by molar-refractivity contribution is -0.139. The van der Waals surface area contributed by atoms with E-state index < -0.39 is 23.9 Å². The number of hydrazone groups is 1. The van der Waals surface area contributed by atoms with Crippen LogP contribution in [0.3, 0.4) is 0 Å². The summed E-state index contributed by atoms with van der Waals surface area (Å²) in [5, 5.41) is 9.40. The van der Waals surface area contributed by atoms with E-state index in [9.17, 15) is 14.4 Å². The Labute approximate surface area is 276 Å². The van der Waals surface area contributed by atoms with Gasteiger partial charge in [-0.15, -0.1) is 0 Å². The van der Waals surface area contributed by atoms with Gasteiger partial charge in [0.15, 0.2) is 18.1 Å². The summed E-state index contributed by atoms with van der Waals surface area (Å²) in [4.78, 5) is 37.3. The lowest BCUT2D eigenvalue weighted by Crippen LogP contribution is -2.45. The molecule has 0 spiro atoms. The third kappa shape index (κ3) is 8.72. The minimum atomic E-state index is -0.771. The fraction of sp³-hybridized carbons (Fsp3) is 0.226. The number of nitrogens with zero attached hydrogens (tertiary/aromatic N) is 1. The highest BCUT2D eigenvalue weighted by Gasteiger charge is 2.32. The molecular weight excluding hydrogens is 747 g/mol. The van der Waals surface area contributed by atoms with Crippen molar-refractivity contribution >= 4 is 62.6 Å². The second-order valence-electron chi connectivity index (χ2n) is 9.38. The molecule has 0 aromatic heterocycles. The van der Waals surface area contributed by atoms with Crippen molar-refractivity contribution in [2.45, 2.75) is 26.5 Å². The number of carbonyl (C=O) groups is 3. The van der Waals surface area contributed by atoms with Crippen molar-refractivity contribution < 1.29 is 33.3 Å². The second-order valence-corrected chi connectivity index (χ2v) is 11.5. The van der Waals surface area contributed by atoms with Crippen LogP contribution in [0.4, 0.5) is 4.79 Å². The molecule has 0 radical (unpaired) electrons. The number of amides is 3. The van der Waals surface area contributed by atoms with Gasteiger partial charge in [-0.25, -0.2) is 15.0 Å². The number of methoxy groups -OCH3 is 1. The van der Waals surface area contributed by atoms with Crippen molar-refractivity contribution in [1.29, 1.82) is 0 Å². The van der Waals surface area contributed by atoms with E-state index in [2.05, 4.69) is 59.7 Å². The van der Waals surface area contributed by atoms with Gasteiger partial charge in [0, 0.05) is 19.3 Å². The van der Waals surface area contributed by atoms with Gasteiger partial charge in [-0.05, 0) is 90.0 Å². The Morgan fingerprint density at radius 3 is 2.52 bits per heavy atom. The van der Waals surface area contributed by atoms with Gasteiger partial charge >= 0.3 is 12.0 Å². The lowest BCUT2D eigenvalue weighted by Gasteiger charge is -2.28. The molecule has 0 fully saturated rings. The molecule has 3 N–H and O–H groups in total. The summed E-state index contributed by atoms with van der Waals surface area (Å²) >= 11 is 5.70. The zero-order chi connectivity index (χ0) is 31.6. The van der Waals surface area contributed by atoms with E-state index in [4.69, 9.17) is 18.9 Å². The maximum absolute atomic E-state index is 12.6. The van der Waals surface area contributed by atoms with Gasteiger partial charge in [0.2, 0.25) is 0 Å². The van der Waals surface area contributed by atoms with Crippen molar-refractivity contribution in [3.63, 3.8) is 0 Å². The monoisotopic (exact) mass is 776 g/mol. The van der Waals surface area contributed by atoms with Crippen LogP contribution in [0.2, 0.25) is 0 Å². The number of esters is 1. The summed E-state index contributed by atoms with van der Waals surface area (Å²) in [6.07, 6.45) is 1.49. The molecule has 1 heterocycles. The number of urea groups is 1. The van der Waals surface area contributed by atoms with Crippen LogP contribution >= 0.6 is 38.5 Å². The molecule has 13 heteroatoms. The van der Waals surface area contributed by atoms with E-state index in [0.717, 1.165) is 13.6 Å². The van der Waals surface area contributed by atoms with Crippen molar-refractivity contribution in [1.82, 2.24) is 16.1 Å². The average molecular weight is 777 g/mol. The molecule has 230 valence electrons. The summed E-state index contributed by atoms with van der Waals surface area (Å²) < 4.78 is 24.3. The van der Waals surface area contributed by atoms with Crippen LogP contribution in [0.5, 0.6) is 17.2 Å². The summed E-state index contributed by atoms with van der Waals surface area (Å²) in [7, 11) is 1.45. The molecule has 3 amide bonds. The number of allylic oxidation sites excluding steroid dienone is 1. The van der Waals surface area contributed by atoms with Crippen LogP contribution in [0.25, 0.3) is 0 Å². The quantitative estimate of drug-likeness (QED) is 0.0976. The van der Waals surface area contributed by atoms with Crippen molar-refractivity contribution in [3.8, 4) is 17.2 Å². The molecule has 3 aromatic carbocycles. The summed E-state index contributed by atoms with van der Waals surface area (Å²) in [5.74, 6) is 0.139. The third-order valence-corrected chi connectivity index (χ3v) is 7.53. The van der Waals surface area contributed by atoms with E-state index in [-0.39, 0.29) is 24.5 Å². The highest BCUT2D eigenvalue weighted by molar-refractivity contribution is 14.1. The maximum Gasteiger partial charge on any atom is 0.338 e. The van der Waals surface area contributed by atoms with Gasteiger partial charge in [-0.1, -0.05) is 34.1 Å². The third-order valence-electron chi connectivity index (χ3n) is 6.32. The molecule has 1 aliphatic rings. The maximum atomic E-state index is 12.6. The van der Waals surface area contributed by atoms with Gasteiger partial charge in [0.1, 0.15) is 12.4 Å². The van der Waals surface area contributed by atoms with E-state index in [1.165, 1.54) is 13.3 Å². The van der Waals surface area contributed by atoms with Crippen LogP contribution in [0.1, 0.15) is 36.6 Å². The highest BCUT2D eigenvalue weighted by Crippen LogP contribution is 2.34. The van der Waals surface area contributed by atoms with E-state index in [1.807, 2.05) is 42.5 Å². The van der Waals surface area contributed by atoms with E-state index in [1.54, 1.807) is 32.0 Å². The van der Waals surface area contributed by atoms with Crippen molar-refractivity contribution in [2.75, 3.05) is 20.3 Å². The number of halogens is 2. The number of ether oxygens (including phenoxy) is 4. The molecule has 0 saturated heterocycles. The Hall–Kier alpha value is -4.11. The number of hydrogen-bond donors (Lipinski definition) is 3. The summed E-state index contributed by atoms with van der Waals surface area (Å²) in [5.41, 5.74) is 5.37. The fourth-order valence-electron chi connectivity index (χ4n) is 4.25. The SMILES string of the molecule is CCOC(=O)C1=C(C)NC(=O)N[C@H]1c1ccc(OCC(=O)N/N=C\c2cc(Br)ccc2OCc2ccc(I)cc2)c(OC)c1. The molecule has 3 aromatic rings. The van der Waals surface area contributed by atoms with E-state index >= 15 is 0 Å². The van der Waals surface area contributed by atoms with Gasteiger partial charge < -0.3 is 29.6 Å². The minimum Gasteiger partial charge on any atom is -0.493 e. The molecule has 1 atom stereocenters. The molecular formula is C31H30BrIN4O7. The number of hydrogen-bond acceptors (Lipinski definition) is 8. The zero-order valence-electron chi connectivity index (χ0n) is 24.1. The molecule has 0 saturated carbocycles. The Balaban J connectivity index is 1.39. The summed E-state index contributed by atoms with van der Waals surface area (Å²) in [6.45, 7) is 3.55. The molecule has 1 aliphatic heterocycles. The predicted octanol–water partition coefficient (Wildman–Crippen LogP) is 5.36. The zero-order valence-corrected chi connectivity index (χ0v) is 27.9. The Kier molecular flexibility index (Phi) is 11.6. The second kappa shape index (κ2) is 15.6. The van der Waals surface area contributed by atoms with Gasteiger partial charge in [0.25, 0.3) is 5.91 Å². The Morgan fingerprint density at radius 2 is 1.80 bits per heavy atom. The molecule has 0 bridgehead atoms. The number of benzene rings is 3. The molecule has 11 nitrogen and oxygen atoms in total. The van der Waals surface area contributed by atoms with Gasteiger partial charge in [-0.2, -0.15) is 5.10 Å². The van der Waals surface area contributed by atoms with Gasteiger partial charge in [0.05, 0.1) is 31.5 Å². The van der Waals surface area contributed by atoms with Crippen LogP contribution < -0.4 is 30.3 Å². The van der Waals surface area contributed by atoms with Crippen molar-refractivity contribution in [3.05, 3.63) is 96.7 Å². The molecule has 0 aliphatic carbocycles. The number of rotatable bonds is 12. The fourth-order valence-corrected chi connectivity index (χ4v) is 4.99. The van der Waals surface area contributed by atoms with Crippen LogP contribution in [0, 0.1) is 3.57 Å². The minimum absolute atomic E-state index is 0.185. The molecule has 44 heavy (non-hydrogen) atoms. The highest BCUT2D eigenvalue weighted by atomic mass is 127. The Morgan fingerprint density at radius 1 is 1.05 bits per heavy atom. The number of carbonyl (C=O) groups excluding carboxylic acids is 3. The van der Waals surface area contributed by atoms with E-state index in [0.29, 0.717) is 34.9 Å². The topological polar surface area (TPSA) is 137 Å². The average Bonchev–Trinajstić information content (AvgIpc) is 3.00. The van der Waals surface area contributed by atoms with Crippen LogP contribution in [-0.2, 0) is 20.9 Å². The van der Waals surface area contributed by atoms with Crippen molar-refractivity contribution in [2.24, 2.45) is 5.10 Å². The molecule has 0 unspecified atom stereocenters. The standard InChI is InChI=1S/C31H30BrIN4O7/c1-4-42-30(39)28-18(2)35-31(40)36-29(28)20-7-11-25(26(14-20)41-3)44-17-27(38)37-34-15-21-13-22(32)8-12-24(21)43-16-19-5-9-23(33)10-6-19/h5-15,29H,4,16-17H2,1-3H3,(H,37,38)(H2,35,36,40)/b34-15-/t29-/m0/s1.